The molecule has 1 fully saturated rings. The summed E-state index contributed by atoms with van der Waals surface area (Å²) in [5.74, 6) is 0.818. The van der Waals surface area contributed by atoms with Gasteiger partial charge in [0.2, 0.25) is 5.91 Å². The number of nitrogens with one attached hydrogen (secondary N) is 3. The van der Waals surface area contributed by atoms with Crippen molar-refractivity contribution < 1.29 is 4.79 Å². The average Bonchev–Trinajstić information content (AvgIpc) is 2.66. The highest BCUT2D eigenvalue weighted by atomic mass is 16.2. The number of benzene rings is 1. The van der Waals surface area contributed by atoms with Gasteiger partial charge >= 0.3 is 0 Å². The number of rotatable bonds is 8. The topological polar surface area (TPSA) is 72.0 Å². The second-order valence-electron chi connectivity index (χ2n) is 7.67. The van der Waals surface area contributed by atoms with Crippen molar-refractivity contribution >= 4 is 17.6 Å². The van der Waals surface area contributed by atoms with Crippen molar-refractivity contribution in [3.8, 4) is 0 Å². The molecule has 0 spiro atoms. The minimum atomic E-state index is -0.0120. The fourth-order valence-corrected chi connectivity index (χ4v) is 3.44. The van der Waals surface area contributed by atoms with Crippen LogP contribution in [0.15, 0.2) is 29.3 Å². The van der Waals surface area contributed by atoms with Gasteiger partial charge in [0.15, 0.2) is 5.96 Å². The Labute approximate surface area is 169 Å². The number of amides is 1. The van der Waals surface area contributed by atoms with Crippen molar-refractivity contribution in [2.24, 2.45) is 4.99 Å². The van der Waals surface area contributed by atoms with Gasteiger partial charge in [-0.3, -0.25) is 9.79 Å². The molecule has 1 aliphatic rings. The smallest absolute Gasteiger partial charge is 0.238 e. The Kier molecular flexibility index (Phi) is 9.23. The van der Waals surface area contributed by atoms with E-state index in [4.69, 9.17) is 0 Å². The van der Waals surface area contributed by atoms with Gasteiger partial charge in [-0.15, -0.1) is 0 Å². The van der Waals surface area contributed by atoms with Gasteiger partial charge in [0, 0.05) is 38.4 Å². The molecular weight excluding hydrogens is 352 g/mol. The summed E-state index contributed by atoms with van der Waals surface area (Å²) in [6.07, 6.45) is 3.51. The van der Waals surface area contributed by atoms with Crippen molar-refractivity contribution in [1.82, 2.24) is 20.4 Å². The highest BCUT2D eigenvalue weighted by molar-refractivity contribution is 5.92. The molecule has 1 aliphatic heterocycles. The summed E-state index contributed by atoms with van der Waals surface area (Å²) in [5.41, 5.74) is 1.92. The van der Waals surface area contributed by atoms with Crippen LogP contribution in [-0.4, -0.2) is 75.0 Å². The lowest BCUT2D eigenvalue weighted by molar-refractivity contribution is -0.116. The Bertz CT molecular complexity index is 638. The van der Waals surface area contributed by atoms with Gasteiger partial charge < -0.3 is 25.8 Å². The maximum absolute atomic E-state index is 11.9. The number of likely N-dealkylation sites (N-methyl/N-ethyl adjacent to an activating group) is 1. The Balaban J connectivity index is 1.80. The molecule has 0 aromatic heterocycles. The first-order valence-electron chi connectivity index (χ1n) is 10.2. The number of hydrogen-bond donors (Lipinski definition) is 3. The Morgan fingerprint density at radius 3 is 2.68 bits per heavy atom. The second-order valence-corrected chi connectivity index (χ2v) is 7.67. The zero-order valence-electron chi connectivity index (χ0n) is 17.8. The largest absolute Gasteiger partial charge is 0.354 e. The second kappa shape index (κ2) is 11.7. The number of anilines is 1. The monoisotopic (exact) mass is 388 g/mol. The number of likely N-dealkylation sites (tertiary alicyclic amines) is 1. The van der Waals surface area contributed by atoms with Crippen LogP contribution >= 0.6 is 0 Å². The lowest BCUT2D eigenvalue weighted by Crippen LogP contribution is -2.48. The lowest BCUT2D eigenvalue weighted by atomic mass is 10.1. The van der Waals surface area contributed by atoms with E-state index in [-0.39, 0.29) is 5.91 Å². The van der Waals surface area contributed by atoms with E-state index in [9.17, 15) is 4.79 Å². The van der Waals surface area contributed by atoms with Crippen LogP contribution in [0, 0.1) is 0 Å². The van der Waals surface area contributed by atoms with Gasteiger partial charge in [-0.05, 0) is 57.6 Å². The summed E-state index contributed by atoms with van der Waals surface area (Å²) in [6, 6.07) is 8.38. The molecule has 2 rings (SSSR count). The molecular formula is C21H36N6O. The molecule has 28 heavy (non-hydrogen) atoms. The van der Waals surface area contributed by atoms with Crippen LogP contribution in [0.3, 0.4) is 0 Å². The number of carbonyl (C=O) groups excluding carboxylic acids is 1. The zero-order chi connectivity index (χ0) is 20.4. The van der Waals surface area contributed by atoms with E-state index in [0.717, 1.165) is 43.1 Å². The number of guanidine groups is 1. The van der Waals surface area contributed by atoms with E-state index in [0.29, 0.717) is 19.1 Å². The van der Waals surface area contributed by atoms with Crippen LogP contribution < -0.4 is 16.0 Å². The third-order valence-electron chi connectivity index (χ3n) is 4.82. The van der Waals surface area contributed by atoms with Crippen molar-refractivity contribution in [2.75, 3.05) is 52.6 Å². The predicted molar refractivity (Wildman–Crippen MR) is 117 cm³/mol. The number of carbonyl (C=O) groups is 1. The number of hydrogen-bond acceptors (Lipinski definition) is 4. The van der Waals surface area contributed by atoms with Gasteiger partial charge in [-0.1, -0.05) is 19.1 Å². The maximum atomic E-state index is 11.9. The van der Waals surface area contributed by atoms with Crippen LogP contribution in [0.2, 0.25) is 0 Å². The normalized spacial score (nSPS) is 16.2. The van der Waals surface area contributed by atoms with Crippen molar-refractivity contribution in [2.45, 2.75) is 38.8 Å². The fraction of sp³-hybridized carbons (Fsp3) is 0.619. The number of piperidine rings is 1. The van der Waals surface area contributed by atoms with Crippen molar-refractivity contribution in [3.05, 3.63) is 29.8 Å². The first-order chi connectivity index (χ1) is 13.5. The third kappa shape index (κ3) is 7.86. The first kappa shape index (κ1) is 22.2. The molecule has 1 amide bonds. The van der Waals surface area contributed by atoms with Crippen LogP contribution in [0.5, 0.6) is 0 Å². The van der Waals surface area contributed by atoms with Gasteiger partial charge in [-0.25, -0.2) is 0 Å². The molecule has 0 radical (unpaired) electrons. The molecule has 1 aromatic carbocycles. The number of aliphatic imine (C=N–C) groups is 1. The third-order valence-corrected chi connectivity index (χ3v) is 4.82. The average molecular weight is 389 g/mol. The van der Waals surface area contributed by atoms with Crippen LogP contribution in [-0.2, 0) is 11.3 Å². The summed E-state index contributed by atoms with van der Waals surface area (Å²) < 4.78 is 0. The molecule has 156 valence electrons. The van der Waals surface area contributed by atoms with Gasteiger partial charge in [0.1, 0.15) is 0 Å². The molecule has 7 heteroatoms. The van der Waals surface area contributed by atoms with Crippen molar-refractivity contribution in [1.29, 1.82) is 0 Å². The summed E-state index contributed by atoms with van der Waals surface area (Å²) in [7, 11) is 5.57. The molecule has 1 aromatic rings. The molecule has 0 atom stereocenters. The Morgan fingerprint density at radius 1 is 1.29 bits per heavy atom. The van der Waals surface area contributed by atoms with Gasteiger partial charge in [-0.2, -0.15) is 0 Å². The Morgan fingerprint density at radius 2 is 2.04 bits per heavy atom. The van der Waals surface area contributed by atoms with Gasteiger partial charge in [0.25, 0.3) is 0 Å². The lowest BCUT2D eigenvalue weighted by Gasteiger charge is -2.32. The van der Waals surface area contributed by atoms with E-state index in [1.165, 1.54) is 13.0 Å². The Hall–Kier alpha value is -2.12. The highest BCUT2D eigenvalue weighted by Gasteiger charge is 2.19. The summed E-state index contributed by atoms with van der Waals surface area (Å²) in [5, 5.41) is 9.87. The highest BCUT2D eigenvalue weighted by Crippen LogP contribution is 2.12. The molecule has 1 heterocycles. The standard InChI is InChI=1S/C21H36N6O/c1-5-11-27-12-9-18(10-13-27)25-21(22-2)23-15-17-7-6-8-19(14-17)24-20(28)16-26(3)4/h6-8,14,18H,5,9-13,15-16H2,1-4H3,(H,24,28)(H2,22,23,25). The molecule has 0 aliphatic carbocycles. The fourth-order valence-electron chi connectivity index (χ4n) is 3.44. The SMILES string of the molecule is CCCN1CCC(NC(=NC)NCc2cccc(NC(=O)CN(C)C)c2)CC1. The molecule has 3 N–H and O–H groups in total. The predicted octanol–water partition coefficient (Wildman–Crippen LogP) is 1.73. The summed E-state index contributed by atoms with van der Waals surface area (Å²) >= 11 is 0. The van der Waals surface area contributed by atoms with E-state index in [2.05, 4.69) is 32.8 Å². The summed E-state index contributed by atoms with van der Waals surface area (Å²) in [6.45, 7) is 6.76. The summed E-state index contributed by atoms with van der Waals surface area (Å²) in [4.78, 5) is 20.7. The van der Waals surface area contributed by atoms with E-state index < -0.39 is 0 Å². The zero-order valence-corrected chi connectivity index (χ0v) is 17.8. The minimum absolute atomic E-state index is 0.0120. The van der Waals surface area contributed by atoms with E-state index in [1.807, 2.05) is 43.3 Å². The molecule has 0 saturated carbocycles. The van der Waals surface area contributed by atoms with Crippen LogP contribution in [0.4, 0.5) is 5.69 Å². The molecule has 0 bridgehead atoms. The molecule has 7 nitrogen and oxygen atoms in total. The first-order valence-corrected chi connectivity index (χ1v) is 10.2. The van der Waals surface area contributed by atoms with Crippen LogP contribution in [0.1, 0.15) is 31.7 Å². The van der Waals surface area contributed by atoms with E-state index in [1.54, 1.807) is 7.05 Å². The number of nitrogens with zero attached hydrogens (tertiary/aromatic N) is 3. The minimum Gasteiger partial charge on any atom is -0.354 e. The van der Waals surface area contributed by atoms with Crippen molar-refractivity contribution in [3.63, 3.8) is 0 Å². The van der Waals surface area contributed by atoms with Crippen LogP contribution in [0.25, 0.3) is 0 Å². The van der Waals surface area contributed by atoms with Gasteiger partial charge in [0.05, 0.1) is 6.54 Å². The molecule has 1 saturated heterocycles. The van der Waals surface area contributed by atoms with E-state index >= 15 is 0 Å². The maximum Gasteiger partial charge on any atom is 0.238 e. The molecule has 0 unspecified atom stereocenters. The quantitative estimate of drug-likeness (QED) is 0.467.